The van der Waals surface area contributed by atoms with Gasteiger partial charge in [0.2, 0.25) is 0 Å². The molecule has 3 aromatic rings. The van der Waals surface area contributed by atoms with Crippen LogP contribution in [0, 0.1) is 0 Å². The lowest BCUT2D eigenvalue weighted by Gasteiger charge is -2.07. The minimum absolute atomic E-state index is 0.231. The highest BCUT2D eigenvalue weighted by Crippen LogP contribution is 2.19. The fraction of sp³-hybridized carbons (Fsp3) is 0.143. The lowest BCUT2D eigenvalue weighted by molar-refractivity contribution is 0.0605. The summed E-state index contributed by atoms with van der Waals surface area (Å²) < 4.78 is 6.16. The number of hydrogen-bond acceptors (Lipinski definition) is 6. The van der Waals surface area contributed by atoms with Gasteiger partial charge in [0, 0.05) is 0 Å². The molecule has 0 aromatic carbocycles. The maximum atomic E-state index is 12.5. The third kappa shape index (κ3) is 2.60. The van der Waals surface area contributed by atoms with Gasteiger partial charge >= 0.3 is 5.97 Å². The zero-order valence-corrected chi connectivity index (χ0v) is 13.0. The van der Waals surface area contributed by atoms with Crippen molar-refractivity contribution in [3.8, 4) is 0 Å². The Balaban J connectivity index is 2.05. The Morgan fingerprint density at radius 3 is 3.05 bits per heavy atom. The summed E-state index contributed by atoms with van der Waals surface area (Å²) in [7, 11) is 1.32. The highest BCUT2D eigenvalue weighted by atomic mass is 35.5. The van der Waals surface area contributed by atoms with E-state index in [0.717, 1.165) is 0 Å². The van der Waals surface area contributed by atoms with Gasteiger partial charge in [-0.15, -0.1) is 11.3 Å². The number of esters is 1. The number of hydrogen-bond donors (Lipinski definition) is 0. The van der Waals surface area contributed by atoms with E-state index in [-0.39, 0.29) is 17.3 Å². The Kier molecular flexibility index (Phi) is 3.91. The number of thiophene rings is 1. The maximum Gasteiger partial charge on any atom is 0.348 e. The van der Waals surface area contributed by atoms with Crippen LogP contribution in [0.25, 0.3) is 10.9 Å². The largest absolute Gasteiger partial charge is 0.465 e. The van der Waals surface area contributed by atoms with Crippen molar-refractivity contribution < 1.29 is 9.53 Å². The molecule has 0 atom stereocenters. The number of halogens is 1. The van der Waals surface area contributed by atoms with Crippen LogP contribution in [-0.2, 0) is 11.3 Å². The van der Waals surface area contributed by atoms with Crippen LogP contribution < -0.4 is 5.56 Å². The summed E-state index contributed by atoms with van der Waals surface area (Å²) in [6, 6.07) is 3.27. The molecule has 112 valence electrons. The minimum atomic E-state index is -0.418. The van der Waals surface area contributed by atoms with Crippen LogP contribution in [0.1, 0.15) is 15.2 Å². The third-order valence-corrected chi connectivity index (χ3v) is 4.28. The number of fused-ring (bicyclic) bond motifs is 1. The van der Waals surface area contributed by atoms with Crippen LogP contribution >= 0.6 is 22.9 Å². The predicted molar refractivity (Wildman–Crippen MR) is 83.6 cm³/mol. The van der Waals surface area contributed by atoms with E-state index in [1.165, 1.54) is 41.6 Å². The number of methoxy groups -OCH3 is 1. The molecule has 0 radical (unpaired) electrons. The number of nitrogens with zero attached hydrogens (tertiary/aromatic N) is 3. The molecule has 0 bridgehead atoms. The highest BCUT2D eigenvalue weighted by Gasteiger charge is 2.15. The van der Waals surface area contributed by atoms with Gasteiger partial charge < -0.3 is 4.74 Å². The first-order valence-electron chi connectivity index (χ1n) is 6.25. The molecule has 0 aliphatic heterocycles. The van der Waals surface area contributed by atoms with Crippen molar-refractivity contribution >= 4 is 39.8 Å². The van der Waals surface area contributed by atoms with Crippen molar-refractivity contribution in [3.63, 3.8) is 0 Å². The molecular weight excluding hydrogens is 326 g/mol. The van der Waals surface area contributed by atoms with Crippen molar-refractivity contribution in [2.24, 2.45) is 0 Å². The molecule has 0 saturated heterocycles. The standard InChI is InChI=1S/C14H10ClN3O3S/c1-21-14(20)12-8(2-3-22-12)6-18-7-17-10-5-16-11(15)4-9(10)13(18)19/h2-5,7H,6H2,1H3. The second kappa shape index (κ2) is 5.86. The molecule has 6 nitrogen and oxygen atoms in total. The lowest BCUT2D eigenvalue weighted by Crippen LogP contribution is -2.22. The first kappa shape index (κ1) is 14.7. The van der Waals surface area contributed by atoms with Crippen molar-refractivity contribution in [2.75, 3.05) is 7.11 Å². The summed E-state index contributed by atoms with van der Waals surface area (Å²) in [5.41, 5.74) is 0.945. The second-order valence-corrected chi connectivity index (χ2v) is 5.77. The molecule has 0 fully saturated rings. The summed E-state index contributed by atoms with van der Waals surface area (Å²) in [4.78, 5) is 32.7. The molecule has 0 aliphatic carbocycles. The van der Waals surface area contributed by atoms with E-state index >= 15 is 0 Å². The first-order chi connectivity index (χ1) is 10.6. The zero-order chi connectivity index (χ0) is 15.7. The molecule has 0 N–H and O–H groups in total. The summed E-state index contributed by atoms with van der Waals surface area (Å²) >= 11 is 7.10. The van der Waals surface area contributed by atoms with Gasteiger partial charge in [-0.05, 0) is 23.1 Å². The van der Waals surface area contributed by atoms with E-state index in [9.17, 15) is 9.59 Å². The summed E-state index contributed by atoms with van der Waals surface area (Å²) in [6.07, 6.45) is 2.88. The average Bonchev–Trinajstić information content (AvgIpc) is 2.98. The van der Waals surface area contributed by atoms with Gasteiger partial charge in [0.15, 0.2) is 0 Å². The fourth-order valence-corrected chi connectivity index (χ4v) is 3.05. The summed E-state index contributed by atoms with van der Waals surface area (Å²) in [5, 5.41) is 2.40. The van der Waals surface area contributed by atoms with Crippen molar-refractivity contribution in [1.82, 2.24) is 14.5 Å². The van der Waals surface area contributed by atoms with E-state index in [2.05, 4.69) is 9.97 Å². The van der Waals surface area contributed by atoms with Crippen molar-refractivity contribution in [1.29, 1.82) is 0 Å². The maximum absolute atomic E-state index is 12.5. The highest BCUT2D eigenvalue weighted by molar-refractivity contribution is 7.12. The number of aromatic nitrogens is 3. The topological polar surface area (TPSA) is 74.1 Å². The van der Waals surface area contributed by atoms with Gasteiger partial charge in [-0.2, -0.15) is 0 Å². The number of pyridine rings is 1. The normalized spacial score (nSPS) is 10.8. The number of ether oxygens (including phenoxy) is 1. The fourth-order valence-electron chi connectivity index (χ4n) is 2.06. The van der Waals surface area contributed by atoms with Crippen LogP contribution in [-0.4, -0.2) is 27.6 Å². The monoisotopic (exact) mass is 335 g/mol. The van der Waals surface area contributed by atoms with E-state index in [1.807, 2.05) is 0 Å². The van der Waals surface area contributed by atoms with Gasteiger partial charge in [-0.1, -0.05) is 11.6 Å². The molecule has 0 amide bonds. The second-order valence-electron chi connectivity index (χ2n) is 4.47. The molecule has 22 heavy (non-hydrogen) atoms. The molecule has 0 saturated carbocycles. The SMILES string of the molecule is COC(=O)c1sccc1Cn1cnc2cnc(Cl)cc2c1=O. The molecule has 0 spiro atoms. The van der Waals surface area contributed by atoms with Crippen molar-refractivity contribution in [2.45, 2.75) is 6.54 Å². The van der Waals surface area contributed by atoms with Gasteiger partial charge in [-0.3, -0.25) is 9.36 Å². The molecular formula is C14H10ClN3O3S. The van der Waals surface area contributed by atoms with E-state index in [4.69, 9.17) is 16.3 Å². The lowest BCUT2D eigenvalue weighted by atomic mass is 10.2. The smallest absolute Gasteiger partial charge is 0.348 e. The van der Waals surface area contributed by atoms with E-state index in [1.54, 1.807) is 11.4 Å². The quantitative estimate of drug-likeness (QED) is 0.542. The Hall–Kier alpha value is -2.25. The number of carbonyl (C=O) groups excluding carboxylic acids is 1. The van der Waals surface area contributed by atoms with Crippen LogP contribution in [0.3, 0.4) is 0 Å². The summed E-state index contributed by atoms with van der Waals surface area (Å²) in [5.74, 6) is -0.418. The molecule has 0 unspecified atom stereocenters. The van der Waals surface area contributed by atoms with E-state index < -0.39 is 5.97 Å². The Labute approximate surface area is 134 Å². The van der Waals surface area contributed by atoms with Gasteiger partial charge in [0.25, 0.3) is 5.56 Å². The Morgan fingerprint density at radius 2 is 2.27 bits per heavy atom. The van der Waals surface area contributed by atoms with Crippen LogP contribution in [0.15, 0.2) is 34.8 Å². The average molecular weight is 336 g/mol. The molecule has 3 rings (SSSR count). The van der Waals surface area contributed by atoms with Gasteiger partial charge in [-0.25, -0.2) is 14.8 Å². The first-order valence-corrected chi connectivity index (χ1v) is 7.51. The van der Waals surface area contributed by atoms with Crippen LogP contribution in [0.5, 0.6) is 0 Å². The number of carbonyl (C=O) groups is 1. The van der Waals surface area contributed by atoms with Gasteiger partial charge in [0.05, 0.1) is 37.1 Å². The zero-order valence-electron chi connectivity index (χ0n) is 11.4. The van der Waals surface area contributed by atoms with E-state index in [0.29, 0.717) is 21.3 Å². The predicted octanol–water partition coefficient (Wildman–Crippen LogP) is 2.34. The minimum Gasteiger partial charge on any atom is -0.465 e. The van der Waals surface area contributed by atoms with Gasteiger partial charge in [0.1, 0.15) is 10.0 Å². The van der Waals surface area contributed by atoms with Crippen LogP contribution in [0.4, 0.5) is 0 Å². The summed E-state index contributed by atoms with van der Waals surface area (Å²) in [6.45, 7) is 0.232. The van der Waals surface area contributed by atoms with Crippen molar-refractivity contribution in [3.05, 3.63) is 56.0 Å². The Bertz CT molecular complexity index is 919. The molecule has 0 aliphatic rings. The molecule has 8 heteroatoms. The van der Waals surface area contributed by atoms with Crippen LogP contribution in [0.2, 0.25) is 5.15 Å². The number of rotatable bonds is 3. The molecule has 3 heterocycles. The third-order valence-electron chi connectivity index (χ3n) is 3.14. The molecule has 3 aromatic heterocycles. The Morgan fingerprint density at radius 1 is 1.45 bits per heavy atom.